The van der Waals surface area contributed by atoms with Gasteiger partial charge in [0.2, 0.25) is 11.8 Å². The number of allylic oxidation sites excluding steroid dienone is 2. The number of aromatic hydroxyl groups is 1. The molecule has 3 fully saturated rings. The van der Waals surface area contributed by atoms with Gasteiger partial charge in [-0.25, -0.2) is 4.39 Å². The Kier molecular flexibility index (Phi) is 9.16. The fraction of sp³-hybridized carbons (Fsp3) is 0.625. The van der Waals surface area contributed by atoms with E-state index in [0.717, 1.165) is 68.9 Å². The van der Waals surface area contributed by atoms with Crippen molar-refractivity contribution in [1.82, 2.24) is 4.90 Å². The molecule has 4 aliphatic rings. The second-order valence-corrected chi connectivity index (χ2v) is 12.2. The van der Waals surface area contributed by atoms with Crippen LogP contribution in [-0.4, -0.2) is 46.1 Å². The van der Waals surface area contributed by atoms with Gasteiger partial charge in [-0.3, -0.25) is 14.5 Å². The standard InChI is InChI=1S/C32H43BFNO5/c1-3-8-20(16-21-12-14-27(36)26(34)17-21)13-15-28-29-22(9-4-2)18-24-30(25(29)19-33(39)40-28)32(38)35(31(24)37)23-10-6-5-7-11-23/h12,14,16-17,23-25,28,30,36,39H,3-11,13,15,18-19H2,1-2H3/b20-16+/t24-,25+,28-,30-/m1/s1. The second kappa shape index (κ2) is 12.6. The molecule has 0 spiro atoms. The highest BCUT2D eigenvalue weighted by Gasteiger charge is 2.58. The van der Waals surface area contributed by atoms with E-state index in [2.05, 4.69) is 13.8 Å². The van der Waals surface area contributed by atoms with E-state index in [-0.39, 0.29) is 41.5 Å². The number of amides is 2. The van der Waals surface area contributed by atoms with E-state index in [9.17, 15) is 24.1 Å². The topological polar surface area (TPSA) is 87.1 Å². The Morgan fingerprint density at radius 3 is 2.58 bits per heavy atom. The molecule has 0 bridgehead atoms. The molecule has 2 N–H and O–H groups in total. The highest BCUT2D eigenvalue weighted by Crippen LogP contribution is 2.52. The van der Waals surface area contributed by atoms with E-state index in [4.69, 9.17) is 4.65 Å². The molecule has 2 saturated heterocycles. The molecule has 8 heteroatoms. The van der Waals surface area contributed by atoms with Gasteiger partial charge in [0.05, 0.1) is 17.9 Å². The number of likely N-dealkylation sites (tertiary alicyclic amines) is 1. The molecule has 2 aliphatic heterocycles. The van der Waals surface area contributed by atoms with Gasteiger partial charge in [0, 0.05) is 6.04 Å². The predicted molar refractivity (Wildman–Crippen MR) is 154 cm³/mol. The molecule has 6 nitrogen and oxygen atoms in total. The first-order chi connectivity index (χ1) is 19.3. The average Bonchev–Trinajstić information content (AvgIpc) is 3.19. The Morgan fingerprint density at radius 1 is 1.10 bits per heavy atom. The number of benzene rings is 1. The van der Waals surface area contributed by atoms with Gasteiger partial charge in [-0.2, -0.15) is 0 Å². The molecular formula is C32H43BFNO5. The molecule has 1 aromatic rings. The second-order valence-electron chi connectivity index (χ2n) is 12.2. The summed E-state index contributed by atoms with van der Waals surface area (Å²) in [6.45, 7) is 4.24. The minimum Gasteiger partial charge on any atom is -0.505 e. The summed E-state index contributed by atoms with van der Waals surface area (Å²) < 4.78 is 20.1. The fourth-order valence-electron chi connectivity index (χ4n) is 7.78. The predicted octanol–water partition coefficient (Wildman–Crippen LogP) is 6.42. The molecule has 0 unspecified atom stereocenters. The van der Waals surface area contributed by atoms with Gasteiger partial charge in [0.1, 0.15) is 0 Å². The maximum Gasteiger partial charge on any atom is 0.455 e. The van der Waals surface area contributed by atoms with Crippen LogP contribution in [0, 0.1) is 23.6 Å². The molecule has 40 heavy (non-hydrogen) atoms. The minimum absolute atomic E-state index is 0.00128. The molecule has 0 radical (unpaired) electrons. The van der Waals surface area contributed by atoms with Gasteiger partial charge in [0.15, 0.2) is 11.6 Å². The summed E-state index contributed by atoms with van der Waals surface area (Å²) in [7, 11) is -0.975. The number of nitrogens with zero attached hydrogens (tertiary/aromatic N) is 1. The van der Waals surface area contributed by atoms with Crippen LogP contribution in [0.4, 0.5) is 4.39 Å². The van der Waals surface area contributed by atoms with Crippen molar-refractivity contribution in [3.63, 3.8) is 0 Å². The lowest BCUT2D eigenvalue weighted by molar-refractivity contribution is -0.143. The first-order valence-corrected chi connectivity index (χ1v) is 15.4. The number of fused-ring (bicyclic) bond motifs is 3. The third-order valence-corrected chi connectivity index (χ3v) is 9.47. The van der Waals surface area contributed by atoms with Crippen molar-refractivity contribution in [2.24, 2.45) is 17.8 Å². The Labute approximate surface area is 237 Å². The fourth-order valence-corrected chi connectivity index (χ4v) is 7.78. The molecule has 1 saturated carbocycles. The summed E-state index contributed by atoms with van der Waals surface area (Å²) in [5.74, 6) is -1.94. The van der Waals surface area contributed by atoms with Crippen molar-refractivity contribution in [2.45, 2.75) is 109 Å². The molecule has 2 heterocycles. The number of carbonyl (C=O) groups excluding carboxylic acids is 2. The van der Waals surface area contributed by atoms with Crippen LogP contribution in [0.5, 0.6) is 5.75 Å². The summed E-state index contributed by atoms with van der Waals surface area (Å²) in [4.78, 5) is 29.2. The van der Waals surface area contributed by atoms with E-state index in [1.165, 1.54) is 17.7 Å². The third-order valence-electron chi connectivity index (χ3n) is 9.47. The summed E-state index contributed by atoms with van der Waals surface area (Å²) in [6, 6.07) is 4.43. The lowest BCUT2D eigenvalue weighted by Gasteiger charge is -2.43. The lowest BCUT2D eigenvalue weighted by atomic mass is 9.58. The van der Waals surface area contributed by atoms with Gasteiger partial charge >= 0.3 is 7.12 Å². The highest BCUT2D eigenvalue weighted by molar-refractivity contribution is 6.43. The minimum atomic E-state index is -0.975. The number of phenols is 1. The maximum atomic E-state index is 14.0. The van der Waals surface area contributed by atoms with Crippen molar-refractivity contribution in [3.05, 3.63) is 46.3 Å². The van der Waals surface area contributed by atoms with Crippen LogP contribution in [-0.2, 0) is 14.2 Å². The Bertz CT molecular complexity index is 1180. The maximum absolute atomic E-state index is 14.0. The average molecular weight is 552 g/mol. The number of imide groups is 1. The summed E-state index contributed by atoms with van der Waals surface area (Å²) in [5, 5.41) is 20.4. The SMILES string of the molecule is CCCC1=C2[C@@H](CC/C(=C/c3ccc(O)c(F)c3)CCC)OB(O)C[C@@H]2[C@@H]2C(=O)N(C3CCCCC3)C(=O)[C@@H]2C1. The summed E-state index contributed by atoms with van der Waals surface area (Å²) in [5.41, 5.74) is 4.23. The van der Waals surface area contributed by atoms with Crippen LogP contribution in [0.1, 0.15) is 96.5 Å². The molecule has 2 aliphatic carbocycles. The van der Waals surface area contributed by atoms with Crippen molar-refractivity contribution in [2.75, 3.05) is 0 Å². The van der Waals surface area contributed by atoms with Gasteiger partial charge in [0.25, 0.3) is 0 Å². The van der Waals surface area contributed by atoms with E-state index in [1.807, 2.05) is 6.08 Å². The zero-order valence-electron chi connectivity index (χ0n) is 23.9. The highest BCUT2D eigenvalue weighted by atomic mass is 19.1. The normalized spacial score (nSPS) is 27.9. The van der Waals surface area contributed by atoms with Crippen molar-refractivity contribution < 1.29 is 28.8 Å². The quantitative estimate of drug-likeness (QED) is 0.210. The van der Waals surface area contributed by atoms with Crippen molar-refractivity contribution >= 4 is 25.0 Å². The van der Waals surface area contributed by atoms with Crippen LogP contribution in [0.25, 0.3) is 6.08 Å². The number of halogens is 1. The van der Waals surface area contributed by atoms with Crippen LogP contribution >= 0.6 is 0 Å². The summed E-state index contributed by atoms with van der Waals surface area (Å²) in [6.07, 6.45) is 12.6. The zero-order valence-corrected chi connectivity index (χ0v) is 23.9. The monoisotopic (exact) mass is 551 g/mol. The largest absolute Gasteiger partial charge is 0.505 e. The van der Waals surface area contributed by atoms with Crippen LogP contribution in [0.15, 0.2) is 34.9 Å². The molecular weight excluding hydrogens is 508 g/mol. The molecule has 0 aromatic heterocycles. The molecule has 2 amide bonds. The molecule has 216 valence electrons. The number of rotatable bonds is 9. The lowest BCUT2D eigenvalue weighted by Crippen LogP contribution is -2.46. The number of carbonyl (C=O) groups is 2. The smallest absolute Gasteiger partial charge is 0.455 e. The Hall–Kier alpha value is -2.45. The van der Waals surface area contributed by atoms with E-state index >= 15 is 0 Å². The van der Waals surface area contributed by atoms with Crippen LogP contribution in [0.2, 0.25) is 6.32 Å². The number of phenolic OH excluding ortho intramolecular Hbond substituents is 1. The molecule has 1 aromatic carbocycles. The van der Waals surface area contributed by atoms with Crippen LogP contribution in [0.3, 0.4) is 0 Å². The first kappa shape index (κ1) is 29.1. The molecule has 4 atom stereocenters. The zero-order chi connectivity index (χ0) is 28.4. The van der Waals surface area contributed by atoms with Gasteiger partial charge in [-0.05, 0) is 80.5 Å². The van der Waals surface area contributed by atoms with Gasteiger partial charge < -0.3 is 14.8 Å². The first-order valence-electron chi connectivity index (χ1n) is 15.4. The van der Waals surface area contributed by atoms with E-state index in [1.54, 1.807) is 11.0 Å². The molecule has 5 rings (SSSR count). The third kappa shape index (κ3) is 5.80. The number of hydrogen-bond acceptors (Lipinski definition) is 5. The van der Waals surface area contributed by atoms with Crippen molar-refractivity contribution in [1.29, 1.82) is 0 Å². The Balaban J connectivity index is 1.41. The summed E-state index contributed by atoms with van der Waals surface area (Å²) >= 11 is 0. The van der Waals surface area contributed by atoms with E-state index < -0.39 is 18.9 Å². The Morgan fingerprint density at radius 2 is 1.88 bits per heavy atom. The van der Waals surface area contributed by atoms with Crippen LogP contribution < -0.4 is 0 Å². The van der Waals surface area contributed by atoms with Crippen molar-refractivity contribution in [3.8, 4) is 5.75 Å². The van der Waals surface area contributed by atoms with Gasteiger partial charge in [-0.1, -0.05) is 69.2 Å². The number of hydrogen-bond donors (Lipinski definition) is 2. The van der Waals surface area contributed by atoms with E-state index in [0.29, 0.717) is 31.1 Å². The van der Waals surface area contributed by atoms with Gasteiger partial charge in [-0.15, -0.1) is 0 Å².